The predicted octanol–water partition coefficient (Wildman–Crippen LogP) is 1.08. The van der Waals surface area contributed by atoms with E-state index in [0.29, 0.717) is 0 Å². The second kappa shape index (κ2) is 3.05. The Morgan fingerprint density at radius 1 is 1.55 bits per heavy atom. The van der Waals surface area contributed by atoms with E-state index in [2.05, 4.69) is 0 Å². The van der Waals surface area contributed by atoms with E-state index in [1.54, 1.807) is 0 Å². The van der Waals surface area contributed by atoms with Gasteiger partial charge in [0.25, 0.3) is 0 Å². The smallest absolute Gasteiger partial charge is 0.424 e. The third kappa shape index (κ3) is 2.71. The predicted molar refractivity (Wildman–Crippen MR) is 27.4 cm³/mol. The van der Waals surface area contributed by atoms with Gasteiger partial charge in [-0.15, -0.1) is 0 Å². The maximum Gasteiger partial charge on any atom is 0.424 e. The summed E-state index contributed by atoms with van der Waals surface area (Å²) in [5, 5.41) is 15.7. The zero-order valence-electron chi connectivity index (χ0n) is 5.01. The van der Waals surface area contributed by atoms with Gasteiger partial charge in [-0.2, -0.15) is 18.4 Å². The Kier molecular flexibility index (Phi) is 2.63. The average Bonchev–Trinajstić information content (AvgIpc) is 1.79. The number of carboxylic acids is 1. The molecule has 3 nitrogen and oxygen atoms in total. The minimum atomic E-state index is -4.97. The van der Waals surface area contributed by atoms with Crippen LogP contribution in [0, 0.1) is 11.3 Å². The van der Waals surface area contributed by atoms with Gasteiger partial charge in [-0.3, -0.25) is 0 Å². The molecule has 0 aromatic rings. The minimum Gasteiger partial charge on any atom is -0.478 e. The number of alkyl halides is 3. The van der Waals surface area contributed by atoms with Crippen LogP contribution in [-0.2, 0) is 4.79 Å². The lowest BCUT2D eigenvalue weighted by Crippen LogP contribution is -2.19. The first kappa shape index (κ1) is 9.49. The fourth-order valence-corrected chi connectivity index (χ4v) is 0.329. The number of allylic oxidation sites excluding steroid dienone is 1. The number of nitriles is 1. The average molecular weight is 165 g/mol. The van der Waals surface area contributed by atoms with Gasteiger partial charge in [-0.1, -0.05) is 0 Å². The maximum atomic E-state index is 11.6. The van der Waals surface area contributed by atoms with Crippen molar-refractivity contribution in [3.8, 4) is 6.07 Å². The van der Waals surface area contributed by atoms with Crippen LogP contribution in [0.15, 0.2) is 11.6 Å². The van der Waals surface area contributed by atoms with E-state index in [1.807, 2.05) is 0 Å². The number of hydrogen-bond acceptors (Lipinski definition) is 2. The zero-order chi connectivity index (χ0) is 9.07. The molecule has 0 aliphatic heterocycles. The zero-order valence-corrected chi connectivity index (χ0v) is 5.01. The van der Waals surface area contributed by atoms with Gasteiger partial charge in [0.15, 0.2) is 5.57 Å². The molecule has 1 N–H and O–H groups in total. The van der Waals surface area contributed by atoms with Crippen LogP contribution in [0.4, 0.5) is 13.2 Å². The van der Waals surface area contributed by atoms with Gasteiger partial charge in [0.05, 0.1) is 6.07 Å². The van der Waals surface area contributed by atoms with Gasteiger partial charge in [-0.25, -0.2) is 4.79 Å². The summed E-state index contributed by atoms with van der Waals surface area (Å²) in [6.45, 7) is 0. The number of nitrogens with zero attached hydrogens (tertiary/aromatic N) is 1. The molecule has 0 heterocycles. The van der Waals surface area contributed by atoms with Gasteiger partial charge in [0, 0.05) is 6.08 Å². The lowest BCUT2D eigenvalue weighted by atomic mass is 10.2. The van der Waals surface area contributed by atoms with Crippen molar-refractivity contribution in [2.75, 3.05) is 0 Å². The molecule has 11 heavy (non-hydrogen) atoms. The van der Waals surface area contributed by atoms with Crippen LogP contribution in [0.5, 0.6) is 0 Å². The highest BCUT2D eigenvalue weighted by Crippen LogP contribution is 2.25. The van der Waals surface area contributed by atoms with Gasteiger partial charge in [-0.05, 0) is 0 Å². The van der Waals surface area contributed by atoms with Crippen LogP contribution in [0.2, 0.25) is 0 Å². The van der Waals surface area contributed by atoms with E-state index >= 15 is 0 Å². The molecular weight excluding hydrogens is 163 g/mol. The summed E-state index contributed by atoms with van der Waals surface area (Å²) in [6.07, 6.45) is -5.02. The largest absolute Gasteiger partial charge is 0.478 e. The molecule has 0 aromatic heterocycles. The Bertz CT molecular complexity index is 235. The topological polar surface area (TPSA) is 61.1 Å². The van der Waals surface area contributed by atoms with Crippen molar-refractivity contribution in [3.05, 3.63) is 11.6 Å². The second-order valence-corrected chi connectivity index (χ2v) is 1.49. The van der Waals surface area contributed by atoms with E-state index in [-0.39, 0.29) is 6.08 Å². The van der Waals surface area contributed by atoms with Crippen LogP contribution < -0.4 is 0 Å². The maximum absolute atomic E-state index is 11.6. The molecule has 60 valence electrons. The van der Waals surface area contributed by atoms with Crippen LogP contribution in [-0.4, -0.2) is 17.3 Å². The third-order valence-corrected chi connectivity index (χ3v) is 0.745. The van der Waals surface area contributed by atoms with E-state index < -0.39 is 17.7 Å². The van der Waals surface area contributed by atoms with Crippen LogP contribution in [0.25, 0.3) is 0 Å². The van der Waals surface area contributed by atoms with Crippen molar-refractivity contribution >= 4 is 5.97 Å². The summed E-state index contributed by atoms with van der Waals surface area (Å²) in [7, 11) is 0. The SMILES string of the molecule is N#C/C=C(/C(=O)O)C(F)(F)F. The number of hydrogen-bond donors (Lipinski definition) is 1. The molecule has 0 aliphatic carbocycles. The van der Waals surface area contributed by atoms with Crippen molar-refractivity contribution < 1.29 is 23.1 Å². The van der Waals surface area contributed by atoms with Crippen LogP contribution in [0.3, 0.4) is 0 Å². The Balaban J connectivity index is 4.82. The second-order valence-electron chi connectivity index (χ2n) is 1.49. The molecule has 6 heteroatoms. The Morgan fingerprint density at radius 3 is 2.09 bits per heavy atom. The van der Waals surface area contributed by atoms with Crippen molar-refractivity contribution in [3.63, 3.8) is 0 Å². The van der Waals surface area contributed by atoms with E-state index in [0.717, 1.165) is 6.07 Å². The van der Waals surface area contributed by atoms with Gasteiger partial charge < -0.3 is 5.11 Å². The van der Waals surface area contributed by atoms with Gasteiger partial charge >= 0.3 is 12.1 Å². The lowest BCUT2D eigenvalue weighted by Gasteiger charge is -2.03. The summed E-state index contributed by atoms with van der Waals surface area (Å²) in [4.78, 5) is 9.80. The molecule has 0 aromatic carbocycles. The molecule has 0 radical (unpaired) electrons. The lowest BCUT2D eigenvalue weighted by molar-refractivity contribution is -0.144. The highest BCUT2D eigenvalue weighted by atomic mass is 19.4. The van der Waals surface area contributed by atoms with Crippen molar-refractivity contribution in [2.24, 2.45) is 0 Å². The molecule has 0 rings (SSSR count). The molecule has 0 amide bonds. The standard InChI is InChI=1S/C5H2F3NO2/c6-5(7,8)3(1-2-9)4(10)11/h1H,(H,10,11)/b3-1-. The number of aliphatic carboxylic acids is 1. The molecule has 0 atom stereocenters. The summed E-state index contributed by atoms with van der Waals surface area (Å²) in [5.41, 5.74) is -1.86. The first-order valence-electron chi connectivity index (χ1n) is 2.30. The molecule has 0 saturated heterocycles. The fraction of sp³-hybridized carbons (Fsp3) is 0.200. The molecular formula is C5H2F3NO2. The highest BCUT2D eigenvalue weighted by molar-refractivity contribution is 5.88. The van der Waals surface area contributed by atoms with Crippen molar-refractivity contribution in [1.82, 2.24) is 0 Å². The van der Waals surface area contributed by atoms with E-state index in [9.17, 15) is 18.0 Å². The quantitative estimate of drug-likeness (QED) is 0.467. The monoisotopic (exact) mass is 165 g/mol. The summed E-state index contributed by atoms with van der Waals surface area (Å²) >= 11 is 0. The molecule has 0 spiro atoms. The Morgan fingerprint density at radius 2 is 2.00 bits per heavy atom. The van der Waals surface area contributed by atoms with Crippen molar-refractivity contribution in [2.45, 2.75) is 6.18 Å². The molecule has 0 unspecified atom stereocenters. The summed E-state index contributed by atoms with van der Waals surface area (Å²) in [6, 6.07) is 0.993. The fourth-order valence-electron chi connectivity index (χ4n) is 0.329. The van der Waals surface area contributed by atoms with E-state index in [1.165, 1.54) is 0 Å². The number of rotatable bonds is 1. The number of carboxylic acid groups (broad SMARTS) is 1. The van der Waals surface area contributed by atoms with Gasteiger partial charge in [0.2, 0.25) is 0 Å². The number of carbonyl (C=O) groups is 1. The van der Waals surface area contributed by atoms with Gasteiger partial charge in [0.1, 0.15) is 0 Å². The normalized spacial score (nSPS) is 12.4. The summed E-state index contributed by atoms with van der Waals surface area (Å²) in [5.74, 6) is -2.15. The molecule has 0 saturated carbocycles. The van der Waals surface area contributed by atoms with Crippen molar-refractivity contribution in [1.29, 1.82) is 5.26 Å². The van der Waals surface area contributed by atoms with E-state index in [4.69, 9.17) is 10.4 Å². The first-order chi connectivity index (χ1) is 4.89. The Hall–Kier alpha value is -1.51. The highest BCUT2D eigenvalue weighted by Gasteiger charge is 2.38. The number of halogens is 3. The summed E-state index contributed by atoms with van der Waals surface area (Å²) < 4.78 is 34.7. The molecule has 0 bridgehead atoms. The minimum absolute atomic E-state index is 0.0532. The first-order valence-corrected chi connectivity index (χ1v) is 2.30. The molecule has 0 fully saturated rings. The van der Waals surface area contributed by atoms with Crippen LogP contribution >= 0.6 is 0 Å². The Labute approximate surface area is 59.4 Å². The third-order valence-electron chi connectivity index (χ3n) is 0.745. The molecule has 0 aliphatic rings. The van der Waals surface area contributed by atoms with Crippen LogP contribution in [0.1, 0.15) is 0 Å².